The van der Waals surface area contributed by atoms with Crippen LogP contribution in [0.1, 0.15) is 24.8 Å². The summed E-state index contributed by atoms with van der Waals surface area (Å²) in [5, 5.41) is 2.94. The summed E-state index contributed by atoms with van der Waals surface area (Å²) in [5.41, 5.74) is 0.741. The number of amides is 1. The van der Waals surface area contributed by atoms with Crippen LogP contribution in [0.15, 0.2) is 47.4 Å². The van der Waals surface area contributed by atoms with Crippen LogP contribution in [0.25, 0.3) is 0 Å². The summed E-state index contributed by atoms with van der Waals surface area (Å²) >= 11 is 0. The lowest BCUT2D eigenvalue weighted by Crippen LogP contribution is -2.45. The second-order valence-corrected chi connectivity index (χ2v) is 9.61. The second kappa shape index (κ2) is 9.43. The van der Waals surface area contributed by atoms with Crippen molar-refractivity contribution < 1.29 is 31.8 Å². The summed E-state index contributed by atoms with van der Waals surface area (Å²) in [6.07, 6.45) is 1.46. The Bertz CT molecular complexity index is 1070. The van der Waals surface area contributed by atoms with Crippen molar-refractivity contribution in [2.45, 2.75) is 29.6 Å². The number of ether oxygens (including phenoxy) is 3. The fraction of sp³-hybridized carbons (Fsp3) is 0.409. The first-order chi connectivity index (χ1) is 15.4. The van der Waals surface area contributed by atoms with Crippen LogP contribution in [-0.2, 0) is 25.0 Å². The summed E-state index contributed by atoms with van der Waals surface area (Å²) in [6.45, 7) is 1.70. The Kier molecular flexibility index (Phi) is 6.63. The van der Waals surface area contributed by atoms with Gasteiger partial charge in [-0.25, -0.2) is 17.5 Å². The molecule has 32 heavy (non-hydrogen) atoms. The van der Waals surface area contributed by atoms with Gasteiger partial charge in [-0.05, 0) is 54.8 Å². The standard InChI is InChI=1S/C22H25FN2O6S/c23-17-2-4-18(5-3-17)32(27,28)25-10-7-21(26)24-14-22(8-11-29-12-9-22)16-1-6-19-20(13-16)31-15-30-19/h1-6,13,25H,7-12,14-15H2,(H,24,26). The van der Waals surface area contributed by atoms with E-state index in [1.807, 2.05) is 18.2 Å². The van der Waals surface area contributed by atoms with Crippen molar-refractivity contribution in [1.82, 2.24) is 10.0 Å². The van der Waals surface area contributed by atoms with Gasteiger partial charge < -0.3 is 19.5 Å². The highest BCUT2D eigenvalue weighted by atomic mass is 32.2. The molecule has 1 saturated heterocycles. The first-order valence-electron chi connectivity index (χ1n) is 10.4. The second-order valence-electron chi connectivity index (χ2n) is 7.84. The lowest BCUT2D eigenvalue weighted by molar-refractivity contribution is -0.121. The zero-order valence-electron chi connectivity index (χ0n) is 17.4. The molecule has 1 fully saturated rings. The highest BCUT2D eigenvalue weighted by molar-refractivity contribution is 7.89. The molecule has 1 amide bonds. The van der Waals surface area contributed by atoms with Crippen molar-refractivity contribution in [1.29, 1.82) is 0 Å². The van der Waals surface area contributed by atoms with Crippen molar-refractivity contribution in [3.8, 4) is 11.5 Å². The number of halogens is 1. The van der Waals surface area contributed by atoms with E-state index in [2.05, 4.69) is 10.0 Å². The molecule has 2 aliphatic heterocycles. The van der Waals surface area contributed by atoms with Crippen LogP contribution >= 0.6 is 0 Å². The Morgan fingerprint density at radius 1 is 1.03 bits per heavy atom. The van der Waals surface area contributed by atoms with Gasteiger partial charge in [0.15, 0.2) is 11.5 Å². The van der Waals surface area contributed by atoms with Gasteiger partial charge in [-0.1, -0.05) is 6.07 Å². The normalized spacial score (nSPS) is 17.2. The molecule has 10 heteroatoms. The van der Waals surface area contributed by atoms with E-state index in [4.69, 9.17) is 14.2 Å². The predicted molar refractivity (Wildman–Crippen MR) is 114 cm³/mol. The monoisotopic (exact) mass is 464 g/mol. The topological polar surface area (TPSA) is 103 Å². The maximum absolute atomic E-state index is 13.0. The van der Waals surface area contributed by atoms with E-state index in [1.165, 1.54) is 12.1 Å². The molecule has 2 heterocycles. The SMILES string of the molecule is O=C(CCNS(=O)(=O)c1ccc(F)cc1)NCC1(c2ccc3c(c2)OCO3)CCOCC1. The molecule has 0 unspecified atom stereocenters. The molecule has 2 N–H and O–H groups in total. The Hall–Kier alpha value is -2.69. The number of benzene rings is 2. The third-order valence-corrected chi connectivity index (χ3v) is 7.30. The van der Waals surface area contributed by atoms with Crippen LogP contribution in [0.5, 0.6) is 11.5 Å². The molecule has 0 saturated carbocycles. The van der Waals surface area contributed by atoms with E-state index in [1.54, 1.807) is 0 Å². The van der Waals surface area contributed by atoms with Crippen LogP contribution in [0.4, 0.5) is 4.39 Å². The van der Waals surface area contributed by atoms with E-state index in [0.717, 1.165) is 30.5 Å². The number of hydrogen-bond donors (Lipinski definition) is 2. The number of carbonyl (C=O) groups excluding carboxylic acids is 1. The minimum atomic E-state index is -3.81. The predicted octanol–water partition coefficient (Wildman–Crippen LogP) is 2.09. The molecule has 2 aromatic carbocycles. The van der Waals surface area contributed by atoms with Gasteiger partial charge in [0.05, 0.1) is 4.90 Å². The fourth-order valence-electron chi connectivity index (χ4n) is 3.91. The van der Waals surface area contributed by atoms with Crippen LogP contribution in [-0.4, -0.2) is 47.4 Å². The van der Waals surface area contributed by atoms with Crippen molar-refractivity contribution in [2.24, 2.45) is 0 Å². The molecule has 2 aromatic rings. The third kappa shape index (κ3) is 5.03. The van der Waals surface area contributed by atoms with Gasteiger partial charge >= 0.3 is 0 Å². The van der Waals surface area contributed by atoms with Gasteiger partial charge in [0.25, 0.3) is 0 Å². The fourth-order valence-corrected chi connectivity index (χ4v) is 4.94. The van der Waals surface area contributed by atoms with Gasteiger partial charge in [0.2, 0.25) is 22.7 Å². The Morgan fingerprint density at radius 3 is 2.50 bits per heavy atom. The molecule has 0 spiro atoms. The molecular formula is C22H25FN2O6S. The van der Waals surface area contributed by atoms with Crippen LogP contribution in [0.3, 0.4) is 0 Å². The summed E-state index contributed by atoms with van der Waals surface area (Å²) in [7, 11) is -3.81. The van der Waals surface area contributed by atoms with Crippen molar-refractivity contribution >= 4 is 15.9 Å². The Balaban J connectivity index is 1.34. The molecule has 0 atom stereocenters. The number of hydrogen-bond acceptors (Lipinski definition) is 6. The number of rotatable bonds is 8. The Labute approximate surface area is 186 Å². The van der Waals surface area contributed by atoms with E-state index in [0.29, 0.717) is 31.3 Å². The van der Waals surface area contributed by atoms with E-state index in [9.17, 15) is 17.6 Å². The molecular weight excluding hydrogens is 439 g/mol. The molecule has 4 rings (SSSR count). The summed E-state index contributed by atoms with van der Waals surface area (Å²) < 4.78 is 56.3. The quantitative estimate of drug-likeness (QED) is 0.620. The van der Waals surface area contributed by atoms with Crippen LogP contribution in [0.2, 0.25) is 0 Å². The van der Waals surface area contributed by atoms with Gasteiger partial charge in [-0.3, -0.25) is 4.79 Å². The summed E-state index contributed by atoms with van der Waals surface area (Å²) in [6, 6.07) is 10.3. The molecule has 172 valence electrons. The third-order valence-electron chi connectivity index (χ3n) is 5.83. The van der Waals surface area contributed by atoms with Crippen molar-refractivity contribution in [2.75, 3.05) is 33.1 Å². The molecule has 0 aromatic heterocycles. The summed E-state index contributed by atoms with van der Waals surface area (Å²) in [5.74, 6) is 0.606. The largest absolute Gasteiger partial charge is 0.454 e. The van der Waals surface area contributed by atoms with Gasteiger partial charge in [-0.2, -0.15) is 0 Å². The molecule has 0 radical (unpaired) electrons. The maximum atomic E-state index is 13.0. The highest BCUT2D eigenvalue weighted by Crippen LogP contribution is 2.40. The number of nitrogens with one attached hydrogen (secondary N) is 2. The minimum Gasteiger partial charge on any atom is -0.454 e. The molecule has 0 aliphatic carbocycles. The molecule has 2 aliphatic rings. The van der Waals surface area contributed by atoms with Crippen LogP contribution < -0.4 is 19.5 Å². The first kappa shape index (κ1) is 22.5. The summed E-state index contributed by atoms with van der Waals surface area (Å²) in [4.78, 5) is 12.4. The zero-order valence-corrected chi connectivity index (χ0v) is 18.3. The zero-order chi connectivity index (χ0) is 22.6. The molecule has 8 nitrogen and oxygen atoms in total. The van der Waals surface area contributed by atoms with Crippen LogP contribution in [0, 0.1) is 5.82 Å². The van der Waals surface area contributed by atoms with E-state index < -0.39 is 15.8 Å². The highest BCUT2D eigenvalue weighted by Gasteiger charge is 2.36. The van der Waals surface area contributed by atoms with Gasteiger partial charge in [0.1, 0.15) is 5.82 Å². The van der Waals surface area contributed by atoms with Crippen molar-refractivity contribution in [3.63, 3.8) is 0 Å². The average molecular weight is 465 g/mol. The van der Waals surface area contributed by atoms with Gasteiger partial charge in [-0.15, -0.1) is 0 Å². The number of carbonyl (C=O) groups is 1. The number of fused-ring (bicyclic) bond motifs is 1. The lowest BCUT2D eigenvalue weighted by Gasteiger charge is -2.38. The first-order valence-corrected chi connectivity index (χ1v) is 11.9. The average Bonchev–Trinajstić information content (AvgIpc) is 3.26. The Morgan fingerprint density at radius 2 is 1.75 bits per heavy atom. The lowest BCUT2D eigenvalue weighted by atomic mass is 9.74. The molecule has 0 bridgehead atoms. The smallest absolute Gasteiger partial charge is 0.240 e. The van der Waals surface area contributed by atoms with Crippen molar-refractivity contribution in [3.05, 3.63) is 53.8 Å². The van der Waals surface area contributed by atoms with Gasteiger partial charge in [0, 0.05) is 38.1 Å². The maximum Gasteiger partial charge on any atom is 0.240 e. The van der Waals surface area contributed by atoms with E-state index >= 15 is 0 Å². The number of sulfonamides is 1. The minimum absolute atomic E-state index is 0.0197. The van der Waals surface area contributed by atoms with E-state index in [-0.39, 0.29) is 36.0 Å².